The van der Waals surface area contributed by atoms with Crippen LogP contribution in [-0.2, 0) is 0 Å². The standard InChI is InChI=1S/C27H51N3/c1-24(2,3)23-19-13-20(23)16-28(15-19)26(7,8)11-12-27(9,10)29-17-21-14-22(18-29)30(21)25(4,5)6/h19-23H,11-18H2,1-10H3. The molecule has 30 heavy (non-hydrogen) atoms. The van der Waals surface area contributed by atoms with E-state index in [2.05, 4.69) is 83.9 Å². The first kappa shape index (κ1) is 23.1. The van der Waals surface area contributed by atoms with Crippen LogP contribution < -0.4 is 0 Å². The molecule has 3 heteroatoms. The van der Waals surface area contributed by atoms with Gasteiger partial charge in [-0.05, 0) is 97.3 Å². The number of rotatable bonds is 5. The largest absolute Gasteiger partial charge is 0.298 e. The lowest BCUT2D eigenvalue weighted by Crippen LogP contribution is -2.75. The smallest absolute Gasteiger partial charge is 0.0247 e. The van der Waals surface area contributed by atoms with Crippen molar-refractivity contribution in [2.45, 2.75) is 124 Å². The maximum absolute atomic E-state index is 2.86. The zero-order valence-corrected chi connectivity index (χ0v) is 21.9. The highest BCUT2D eigenvalue weighted by molar-refractivity contribution is 5.08. The fourth-order valence-electron chi connectivity index (χ4n) is 7.92. The molecule has 4 atom stereocenters. The molecule has 1 saturated carbocycles. The van der Waals surface area contributed by atoms with E-state index in [0.717, 1.165) is 29.8 Å². The summed E-state index contributed by atoms with van der Waals surface area (Å²) in [4.78, 5) is 8.47. The van der Waals surface area contributed by atoms with Crippen LogP contribution in [0.5, 0.6) is 0 Å². The summed E-state index contributed by atoms with van der Waals surface area (Å²) in [5, 5.41) is 0. The van der Waals surface area contributed by atoms with Crippen LogP contribution in [0.15, 0.2) is 0 Å². The Hall–Kier alpha value is -0.120. The molecular weight excluding hydrogens is 366 g/mol. The van der Waals surface area contributed by atoms with E-state index in [1.807, 2.05) is 0 Å². The molecule has 6 fully saturated rings. The molecule has 6 aliphatic rings. The van der Waals surface area contributed by atoms with Crippen LogP contribution in [0.25, 0.3) is 0 Å². The minimum atomic E-state index is 0.310. The van der Waals surface area contributed by atoms with Crippen LogP contribution in [0.2, 0.25) is 0 Å². The molecule has 5 heterocycles. The summed E-state index contributed by atoms with van der Waals surface area (Å²) in [7, 11) is 0. The second-order valence-electron chi connectivity index (χ2n) is 14.7. The second kappa shape index (κ2) is 7.19. The molecule has 4 bridgehead atoms. The van der Waals surface area contributed by atoms with E-state index in [1.54, 1.807) is 0 Å². The van der Waals surface area contributed by atoms with Crippen LogP contribution in [0.4, 0.5) is 0 Å². The van der Waals surface area contributed by atoms with Gasteiger partial charge >= 0.3 is 0 Å². The zero-order chi connectivity index (χ0) is 22.3. The van der Waals surface area contributed by atoms with Gasteiger partial charge in [0.2, 0.25) is 0 Å². The van der Waals surface area contributed by atoms with Gasteiger partial charge < -0.3 is 0 Å². The maximum atomic E-state index is 2.86. The molecule has 6 rings (SSSR count). The first-order chi connectivity index (χ1) is 13.6. The molecule has 0 aromatic heterocycles. The van der Waals surface area contributed by atoms with Crippen molar-refractivity contribution in [1.29, 1.82) is 0 Å². The molecule has 0 radical (unpaired) electrons. The summed E-state index contributed by atoms with van der Waals surface area (Å²) in [5.41, 5.74) is 1.45. The van der Waals surface area contributed by atoms with Crippen LogP contribution in [0, 0.1) is 23.2 Å². The molecule has 0 spiro atoms. The summed E-state index contributed by atoms with van der Waals surface area (Å²) in [6.07, 6.45) is 5.53. The predicted molar refractivity (Wildman–Crippen MR) is 129 cm³/mol. The summed E-state index contributed by atoms with van der Waals surface area (Å²) in [5.74, 6) is 2.83. The van der Waals surface area contributed by atoms with Crippen LogP contribution >= 0.6 is 0 Å². The zero-order valence-electron chi connectivity index (χ0n) is 21.9. The Morgan fingerprint density at radius 2 is 1.03 bits per heavy atom. The quantitative estimate of drug-likeness (QED) is 0.585. The van der Waals surface area contributed by atoms with Crippen LogP contribution in [0.1, 0.15) is 94.9 Å². The van der Waals surface area contributed by atoms with Crippen LogP contribution in [-0.4, -0.2) is 69.6 Å². The number of nitrogens with zero attached hydrogens (tertiary/aromatic N) is 3. The highest BCUT2D eigenvalue weighted by Crippen LogP contribution is 2.55. The molecule has 0 amide bonds. The molecule has 1 aliphatic carbocycles. The van der Waals surface area contributed by atoms with Crippen molar-refractivity contribution in [2.75, 3.05) is 26.2 Å². The number of piperazine rings is 1. The third-order valence-corrected chi connectivity index (χ3v) is 9.56. The van der Waals surface area contributed by atoms with E-state index in [0.29, 0.717) is 22.0 Å². The number of hydrogen-bond acceptors (Lipinski definition) is 3. The van der Waals surface area contributed by atoms with Gasteiger partial charge in [0.25, 0.3) is 0 Å². The minimum absolute atomic E-state index is 0.310. The van der Waals surface area contributed by atoms with Gasteiger partial charge in [-0.1, -0.05) is 20.8 Å². The lowest BCUT2D eigenvalue weighted by molar-refractivity contribution is -0.144. The van der Waals surface area contributed by atoms with Gasteiger partial charge in [0.05, 0.1) is 0 Å². The van der Waals surface area contributed by atoms with Gasteiger partial charge in [-0.3, -0.25) is 14.7 Å². The monoisotopic (exact) mass is 417 g/mol. The molecular formula is C27H51N3. The summed E-state index contributed by atoms with van der Waals surface area (Å²) in [6.45, 7) is 29.8. The van der Waals surface area contributed by atoms with Gasteiger partial charge in [-0.15, -0.1) is 0 Å². The normalized spacial score (nSPS) is 36.4. The van der Waals surface area contributed by atoms with Crippen molar-refractivity contribution in [1.82, 2.24) is 14.7 Å². The molecule has 0 N–H and O–H groups in total. The van der Waals surface area contributed by atoms with E-state index < -0.39 is 0 Å². The minimum Gasteiger partial charge on any atom is -0.298 e. The highest BCUT2D eigenvalue weighted by Gasteiger charge is 2.54. The Labute approximate surface area is 187 Å². The molecule has 5 saturated heterocycles. The predicted octanol–water partition coefficient (Wildman–Crippen LogP) is 5.49. The Morgan fingerprint density at radius 1 is 0.600 bits per heavy atom. The van der Waals surface area contributed by atoms with Crippen LogP contribution in [0.3, 0.4) is 0 Å². The third-order valence-electron chi connectivity index (χ3n) is 9.56. The van der Waals surface area contributed by atoms with Crippen molar-refractivity contribution >= 4 is 0 Å². The van der Waals surface area contributed by atoms with Gasteiger partial charge in [0.1, 0.15) is 0 Å². The lowest BCUT2D eigenvalue weighted by Gasteiger charge is -2.64. The molecule has 174 valence electrons. The van der Waals surface area contributed by atoms with Crippen molar-refractivity contribution in [3.05, 3.63) is 0 Å². The molecule has 3 nitrogen and oxygen atoms in total. The lowest BCUT2D eigenvalue weighted by atomic mass is 9.52. The number of piperidine rings is 3. The summed E-state index contributed by atoms with van der Waals surface area (Å²) in [6, 6.07) is 1.55. The van der Waals surface area contributed by atoms with E-state index >= 15 is 0 Å². The molecule has 0 aromatic carbocycles. The maximum Gasteiger partial charge on any atom is 0.0247 e. The second-order valence-corrected chi connectivity index (χ2v) is 14.7. The average Bonchev–Trinajstić information content (AvgIpc) is 2.57. The van der Waals surface area contributed by atoms with E-state index in [4.69, 9.17) is 0 Å². The van der Waals surface area contributed by atoms with Crippen molar-refractivity contribution in [3.63, 3.8) is 0 Å². The summed E-state index contributed by atoms with van der Waals surface area (Å²) < 4.78 is 0. The molecule has 5 aliphatic heterocycles. The van der Waals surface area contributed by atoms with Gasteiger partial charge in [-0.25, -0.2) is 0 Å². The SMILES string of the molecule is CC(C)(C)C1C2CC1CN(C(C)(C)CCC(C)(C)N1CC3CC(C1)N3C(C)(C)C)C2. The third kappa shape index (κ3) is 4.01. The highest BCUT2D eigenvalue weighted by atomic mass is 15.4. The Kier molecular flexibility index (Phi) is 5.52. The van der Waals surface area contributed by atoms with E-state index in [-0.39, 0.29) is 0 Å². The topological polar surface area (TPSA) is 9.72 Å². The number of fused-ring (bicyclic) bond motifs is 4. The van der Waals surface area contributed by atoms with E-state index in [9.17, 15) is 0 Å². The van der Waals surface area contributed by atoms with Crippen molar-refractivity contribution in [2.24, 2.45) is 23.2 Å². The first-order valence-corrected chi connectivity index (χ1v) is 12.9. The van der Waals surface area contributed by atoms with E-state index in [1.165, 1.54) is 51.9 Å². The summed E-state index contributed by atoms with van der Waals surface area (Å²) >= 11 is 0. The Balaban J connectivity index is 1.31. The Bertz CT molecular complexity index is 557. The number of hydrogen-bond donors (Lipinski definition) is 0. The fraction of sp³-hybridized carbons (Fsp3) is 1.00. The van der Waals surface area contributed by atoms with Gasteiger partial charge in [0, 0.05) is 54.9 Å². The van der Waals surface area contributed by atoms with Crippen molar-refractivity contribution < 1.29 is 0 Å². The van der Waals surface area contributed by atoms with Crippen molar-refractivity contribution in [3.8, 4) is 0 Å². The van der Waals surface area contributed by atoms with Gasteiger partial charge in [0.15, 0.2) is 0 Å². The first-order valence-electron chi connectivity index (χ1n) is 12.9. The average molecular weight is 418 g/mol. The molecule has 4 unspecified atom stereocenters. The van der Waals surface area contributed by atoms with Gasteiger partial charge in [-0.2, -0.15) is 0 Å². The fourth-order valence-corrected chi connectivity index (χ4v) is 7.92. The Morgan fingerprint density at radius 3 is 1.43 bits per heavy atom. The molecule has 0 aromatic rings.